The van der Waals surface area contributed by atoms with Gasteiger partial charge >= 0.3 is 6.18 Å². The summed E-state index contributed by atoms with van der Waals surface area (Å²) >= 11 is 5.90. The number of ether oxygens (including phenoxy) is 1. The lowest BCUT2D eigenvalue weighted by atomic mass is 10.1. The summed E-state index contributed by atoms with van der Waals surface area (Å²) in [5.74, 6) is -0.185. The Kier molecular flexibility index (Phi) is 5.08. The zero-order valence-electron chi connectivity index (χ0n) is 11.0. The van der Waals surface area contributed by atoms with Crippen molar-refractivity contribution < 1.29 is 22.7 Å². The van der Waals surface area contributed by atoms with Crippen molar-refractivity contribution in [1.82, 2.24) is 10.2 Å². The third-order valence-electron chi connectivity index (χ3n) is 2.99. The van der Waals surface area contributed by atoms with Crippen LogP contribution in [-0.2, 0) is 9.53 Å². The monoisotopic (exact) mass is 322 g/mol. The minimum absolute atomic E-state index is 0.0824. The van der Waals surface area contributed by atoms with E-state index in [1.54, 1.807) is 24.3 Å². The Morgan fingerprint density at radius 1 is 1.43 bits per heavy atom. The molecule has 8 heteroatoms. The van der Waals surface area contributed by atoms with Crippen molar-refractivity contribution >= 4 is 17.5 Å². The minimum atomic E-state index is -4.36. The standard InChI is InChI=1S/C13H14ClF3N2O2/c14-10-3-1-2-9(6-10)12-18-7-11(20)19(12)4-5-21-8-13(15,16)17/h1-3,6,12,18H,4-5,7-8H2. The maximum Gasteiger partial charge on any atom is 0.411 e. The average Bonchev–Trinajstić information content (AvgIpc) is 2.75. The number of rotatable bonds is 5. The molecular weight excluding hydrogens is 309 g/mol. The molecule has 1 unspecified atom stereocenters. The third-order valence-corrected chi connectivity index (χ3v) is 3.22. The maximum absolute atomic E-state index is 12.0. The number of benzene rings is 1. The highest BCUT2D eigenvalue weighted by Crippen LogP contribution is 2.24. The molecule has 0 aliphatic carbocycles. The molecule has 0 bridgehead atoms. The van der Waals surface area contributed by atoms with Gasteiger partial charge in [-0.1, -0.05) is 23.7 Å². The molecule has 1 fully saturated rings. The number of hydrogen-bond acceptors (Lipinski definition) is 3. The van der Waals surface area contributed by atoms with Crippen LogP contribution in [0.2, 0.25) is 5.02 Å². The summed E-state index contributed by atoms with van der Waals surface area (Å²) in [4.78, 5) is 13.2. The van der Waals surface area contributed by atoms with Crippen LogP contribution < -0.4 is 5.32 Å². The van der Waals surface area contributed by atoms with Gasteiger partial charge in [0.05, 0.1) is 13.2 Å². The van der Waals surface area contributed by atoms with Crippen LogP contribution in [0.1, 0.15) is 11.7 Å². The van der Waals surface area contributed by atoms with E-state index >= 15 is 0 Å². The highest BCUT2D eigenvalue weighted by Gasteiger charge is 2.32. The number of hydrogen-bond donors (Lipinski definition) is 1. The zero-order valence-corrected chi connectivity index (χ0v) is 11.7. The number of halogens is 4. The highest BCUT2D eigenvalue weighted by atomic mass is 35.5. The summed E-state index contributed by atoms with van der Waals surface area (Å²) in [5, 5.41) is 3.53. The van der Waals surface area contributed by atoms with Gasteiger partial charge < -0.3 is 9.64 Å². The van der Waals surface area contributed by atoms with Gasteiger partial charge in [0, 0.05) is 11.6 Å². The van der Waals surface area contributed by atoms with E-state index in [1.165, 1.54) is 4.90 Å². The molecule has 1 aliphatic rings. The topological polar surface area (TPSA) is 41.6 Å². The van der Waals surface area contributed by atoms with E-state index < -0.39 is 18.9 Å². The number of carbonyl (C=O) groups is 1. The van der Waals surface area contributed by atoms with Gasteiger partial charge in [-0.15, -0.1) is 0 Å². The molecule has 1 atom stereocenters. The van der Waals surface area contributed by atoms with Crippen molar-refractivity contribution in [3.05, 3.63) is 34.9 Å². The predicted molar refractivity (Wildman–Crippen MR) is 70.8 cm³/mol. The second-order valence-corrected chi connectivity index (χ2v) is 5.03. The summed E-state index contributed by atoms with van der Waals surface area (Å²) in [6.07, 6.45) is -4.76. The normalized spacial score (nSPS) is 19.3. The molecular formula is C13H14ClF3N2O2. The first-order valence-corrected chi connectivity index (χ1v) is 6.67. The second-order valence-electron chi connectivity index (χ2n) is 4.59. The smallest absolute Gasteiger partial charge is 0.370 e. The van der Waals surface area contributed by atoms with Gasteiger partial charge in [0.2, 0.25) is 5.91 Å². The predicted octanol–water partition coefficient (Wildman–Crippen LogP) is 2.35. The third kappa shape index (κ3) is 4.59. The van der Waals surface area contributed by atoms with Crippen LogP contribution >= 0.6 is 11.6 Å². The summed E-state index contributed by atoms with van der Waals surface area (Å²) in [5.41, 5.74) is 0.782. The van der Waals surface area contributed by atoms with E-state index in [1.807, 2.05) is 0 Å². The molecule has 1 saturated heterocycles. The summed E-state index contributed by atoms with van der Waals surface area (Å²) < 4.78 is 40.5. The molecule has 2 rings (SSSR count). The van der Waals surface area contributed by atoms with Gasteiger partial charge in [-0.3, -0.25) is 10.1 Å². The van der Waals surface area contributed by atoms with Gasteiger partial charge in [-0.25, -0.2) is 0 Å². The molecule has 0 aromatic heterocycles. The van der Waals surface area contributed by atoms with Crippen LogP contribution in [-0.4, -0.2) is 43.3 Å². The minimum Gasteiger partial charge on any atom is -0.370 e. The van der Waals surface area contributed by atoms with Crippen LogP contribution in [0.4, 0.5) is 13.2 Å². The Labute approximate surface area is 124 Å². The van der Waals surface area contributed by atoms with Crippen molar-refractivity contribution in [2.75, 3.05) is 26.3 Å². The van der Waals surface area contributed by atoms with Crippen molar-refractivity contribution in [3.8, 4) is 0 Å². The first kappa shape index (κ1) is 16.1. The number of carbonyl (C=O) groups excluding carboxylic acids is 1. The lowest BCUT2D eigenvalue weighted by Crippen LogP contribution is -2.34. The fourth-order valence-corrected chi connectivity index (χ4v) is 2.32. The van der Waals surface area contributed by atoms with Crippen LogP contribution in [0.25, 0.3) is 0 Å². The van der Waals surface area contributed by atoms with E-state index in [-0.39, 0.29) is 25.6 Å². The molecule has 1 amide bonds. The maximum atomic E-state index is 12.0. The molecule has 1 aliphatic heterocycles. The van der Waals surface area contributed by atoms with E-state index in [9.17, 15) is 18.0 Å². The molecule has 1 aromatic rings. The number of amides is 1. The van der Waals surface area contributed by atoms with E-state index in [0.717, 1.165) is 5.56 Å². The Balaban J connectivity index is 1.94. The first-order valence-electron chi connectivity index (χ1n) is 6.29. The van der Waals surface area contributed by atoms with Crippen LogP contribution in [0, 0.1) is 0 Å². The summed E-state index contributed by atoms with van der Waals surface area (Å²) in [6.45, 7) is -1.27. The number of nitrogens with one attached hydrogen (secondary N) is 1. The van der Waals surface area contributed by atoms with Gasteiger partial charge in [-0.05, 0) is 17.7 Å². The van der Waals surface area contributed by atoms with E-state index in [2.05, 4.69) is 10.1 Å². The highest BCUT2D eigenvalue weighted by molar-refractivity contribution is 6.30. The molecule has 116 valence electrons. The van der Waals surface area contributed by atoms with Gasteiger partial charge in [-0.2, -0.15) is 13.2 Å². The number of nitrogens with zero attached hydrogens (tertiary/aromatic N) is 1. The Bertz CT molecular complexity index is 510. The molecule has 1 N–H and O–H groups in total. The van der Waals surface area contributed by atoms with Crippen molar-refractivity contribution in [2.24, 2.45) is 0 Å². The lowest BCUT2D eigenvalue weighted by Gasteiger charge is -2.24. The van der Waals surface area contributed by atoms with E-state index in [4.69, 9.17) is 11.6 Å². The summed E-state index contributed by atoms with van der Waals surface area (Å²) in [7, 11) is 0. The largest absolute Gasteiger partial charge is 0.411 e. The zero-order chi connectivity index (χ0) is 15.5. The van der Waals surface area contributed by atoms with Crippen molar-refractivity contribution in [2.45, 2.75) is 12.3 Å². The quantitative estimate of drug-likeness (QED) is 0.846. The molecule has 0 spiro atoms. The first-order chi connectivity index (χ1) is 9.87. The fourth-order valence-electron chi connectivity index (χ4n) is 2.12. The molecule has 21 heavy (non-hydrogen) atoms. The van der Waals surface area contributed by atoms with Gasteiger partial charge in [0.1, 0.15) is 12.8 Å². The second kappa shape index (κ2) is 6.64. The Morgan fingerprint density at radius 3 is 2.86 bits per heavy atom. The van der Waals surface area contributed by atoms with Gasteiger partial charge in [0.25, 0.3) is 0 Å². The Morgan fingerprint density at radius 2 is 2.19 bits per heavy atom. The lowest BCUT2D eigenvalue weighted by molar-refractivity contribution is -0.175. The molecule has 1 aromatic carbocycles. The molecule has 0 saturated carbocycles. The molecule has 1 heterocycles. The fraction of sp³-hybridized carbons (Fsp3) is 0.462. The van der Waals surface area contributed by atoms with Gasteiger partial charge in [0.15, 0.2) is 0 Å². The van der Waals surface area contributed by atoms with Crippen LogP contribution in [0.3, 0.4) is 0 Å². The molecule has 0 radical (unpaired) electrons. The summed E-state index contributed by atoms with van der Waals surface area (Å²) in [6, 6.07) is 6.96. The van der Waals surface area contributed by atoms with Crippen molar-refractivity contribution in [1.29, 1.82) is 0 Å². The van der Waals surface area contributed by atoms with E-state index in [0.29, 0.717) is 5.02 Å². The van der Waals surface area contributed by atoms with Crippen LogP contribution in [0.15, 0.2) is 24.3 Å². The average molecular weight is 323 g/mol. The SMILES string of the molecule is O=C1CNC(c2cccc(Cl)c2)N1CCOCC(F)(F)F. The van der Waals surface area contributed by atoms with Crippen molar-refractivity contribution in [3.63, 3.8) is 0 Å². The molecule has 4 nitrogen and oxygen atoms in total. The Hall–Kier alpha value is -1.31. The van der Waals surface area contributed by atoms with Crippen LogP contribution in [0.5, 0.6) is 0 Å². The number of alkyl halides is 3.